The van der Waals surface area contributed by atoms with Crippen molar-refractivity contribution < 1.29 is 9.90 Å². The summed E-state index contributed by atoms with van der Waals surface area (Å²) in [6.07, 6.45) is 0. The van der Waals surface area contributed by atoms with Crippen molar-refractivity contribution in [3.63, 3.8) is 0 Å². The zero-order chi connectivity index (χ0) is 14.0. The topological polar surface area (TPSA) is 75.3 Å². The van der Waals surface area contributed by atoms with Crippen LogP contribution in [0.5, 0.6) is 0 Å². The minimum Gasteiger partial charge on any atom is -0.478 e. The van der Waals surface area contributed by atoms with E-state index in [1.807, 2.05) is 19.1 Å². The van der Waals surface area contributed by atoms with Crippen LogP contribution in [0.1, 0.15) is 28.2 Å². The summed E-state index contributed by atoms with van der Waals surface area (Å²) in [6, 6.07) is 8.36. The van der Waals surface area contributed by atoms with E-state index >= 15 is 0 Å². The van der Waals surface area contributed by atoms with Crippen molar-refractivity contribution >= 4 is 40.3 Å². The van der Waals surface area contributed by atoms with Crippen molar-refractivity contribution in [3.05, 3.63) is 45.1 Å². The van der Waals surface area contributed by atoms with Gasteiger partial charge in [-0.25, -0.2) is 4.79 Å². The average molecular weight is 297 g/mol. The van der Waals surface area contributed by atoms with E-state index in [4.69, 9.17) is 22.4 Å². The van der Waals surface area contributed by atoms with Gasteiger partial charge in [0, 0.05) is 4.88 Å². The Hall–Kier alpha value is -1.72. The fraction of sp³-hybridized carbons (Fsp3) is 0.154. The van der Waals surface area contributed by atoms with Crippen molar-refractivity contribution in [1.29, 1.82) is 0 Å². The molecule has 0 aliphatic carbocycles. The number of nitrogens with one attached hydrogen (secondary N) is 1. The van der Waals surface area contributed by atoms with Gasteiger partial charge in [-0.05, 0) is 37.3 Å². The molecule has 0 bridgehead atoms. The average Bonchev–Trinajstić information content (AvgIpc) is 2.78. The molecule has 0 aliphatic heterocycles. The number of nitrogen functional groups attached to an aromatic ring is 1. The van der Waals surface area contributed by atoms with Crippen LogP contribution in [0.25, 0.3) is 0 Å². The second-order valence-electron chi connectivity index (χ2n) is 4.12. The van der Waals surface area contributed by atoms with E-state index in [0.29, 0.717) is 11.4 Å². The van der Waals surface area contributed by atoms with Crippen LogP contribution < -0.4 is 11.1 Å². The van der Waals surface area contributed by atoms with Crippen molar-refractivity contribution in [3.8, 4) is 0 Å². The first-order chi connectivity index (χ1) is 8.97. The van der Waals surface area contributed by atoms with E-state index in [-0.39, 0.29) is 11.6 Å². The maximum Gasteiger partial charge on any atom is 0.335 e. The summed E-state index contributed by atoms with van der Waals surface area (Å²) in [7, 11) is 0. The highest BCUT2D eigenvalue weighted by atomic mass is 35.5. The number of thiophene rings is 1. The number of hydrogen-bond donors (Lipinski definition) is 3. The Morgan fingerprint density at radius 2 is 2.16 bits per heavy atom. The first-order valence-corrected chi connectivity index (χ1v) is 6.81. The Morgan fingerprint density at radius 3 is 2.74 bits per heavy atom. The largest absolute Gasteiger partial charge is 0.478 e. The van der Waals surface area contributed by atoms with Gasteiger partial charge in [-0.2, -0.15) is 0 Å². The number of carboxylic acid groups (broad SMARTS) is 1. The minimum absolute atomic E-state index is 0.00356. The van der Waals surface area contributed by atoms with Crippen LogP contribution in [-0.2, 0) is 0 Å². The molecule has 4 N–H and O–H groups in total. The molecule has 2 rings (SSSR count). The second kappa shape index (κ2) is 5.50. The second-order valence-corrected chi connectivity index (χ2v) is 5.86. The number of nitrogens with two attached hydrogens (primary N) is 1. The third-order valence-electron chi connectivity index (χ3n) is 2.69. The van der Waals surface area contributed by atoms with Crippen molar-refractivity contribution in [2.24, 2.45) is 0 Å². The molecule has 1 atom stereocenters. The monoisotopic (exact) mass is 296 g/mol. The Morgan fingerprint density at radius 1 is 1.42 bits per heavy atom. The van der Waals surface area contributed by atoms with Gasteiger partial charge in [0.1, 0.15) is 0 Å². The van der Waals surface area contributed by atoms with Crippen molar-refractivity contribution in [2.75, 3.05) is 11.1 Å². The van der Waals surface area contributed by atoms with E-state index in [1.165, 1.54) is 23.5 Å². The molecular weight excluding hydrogens is 284 g/mol. The molecule has 6 heteroatoms. The Kier molecular flexibility index (Phi) is 3.97. The predicted molar refractivity (Wildman–Crippen MR) is 79.2 cm³/mol. The lowest BCUT2D eigenvalue weighted by molar-refractivity contribution is 0.0697. The number of halogens is 1. The highest BCUT2D eigenvalue weighted by Crippen LogP contribution is 2.31. The molecule has 0 saturated heterocycles. The smallest absolute Gasteiger partial charge is 0.335 e. The van der Waals surface area contributed by atoms with Crippen molar-refractivity contribution in [2.45, 2.75) is 13.0 Å². The molecule has 1 heterocycles. The SMILES string of the molecule is CC(Nc1cc(C(=O)O)ccc1N)c1ccc(Cl)s1. The zero-order valence-corrected chi connectivity index (χ0v) is 11.8. The molecule has 0 saturated carbocycles. The van der Waals surface area contributed by atoms with Gasteiger partial charge in [0.05, 0.1) is 27.3 Å². The van der Waals surface area contributed by atoms with Crippen LogP contribution in [0.3, 0.4) is 0 Å². The van der Waals surface area contributed by atoms with Gasteiger partial charge in [-0.1, -0.05) is 11.6 Å². The first-order valence-electron chi connectivity index (χ1n) is 5.62. The maximum atomic E-state index is 10.9. The van der Waals surface area contributed by atoms with Gasteiger partial charge in [-0.3, -0.25) is 0 Å². The van der Waals surface area contributed by atoms with Crippen LogP contribution in [0.4, 0.5) is 11.4 Å². The number of carboxylic acids is 1. The standard InChI is InChI=1S/C13H13ClN2O2S/c1-7(11-4-5-12(14)19-11)16-10-6-8(13(17)18)2-3-9(10)15/h2-7,16H,15H2,1H3,(H,17,18). The molecule has 0 radical (unpaired) electrons. The Labute approximate surface area is 119 Å². The van der Waals surface area contributed by atoms with Crippen LogP contribution in [0, 0.1) is 0 Å². The molecule has 0 aliphatic rings. The van der Waals surface area contributed by atoms with Gasteiger partial charge < -0.3 is 16.2 Å². The maximum absolute atomic E-state index is 10.9. The summed E-state index contributed by atoms with van der Waals surface area (Å²) in [5, 5.41) is 12.2. The lowest BCUT2D eigenvalue weighted by Gasteiger charge is -2.16. The fourth-order valence-electron chi connectivity index (χ4n) is 1.68. The van der Waals surface area contributed by atoms with Gasteiger partial charge in [-0.15, -0.1) is 11.3 Å². The molecular formula is C13H13ClN2O2S. The molecule has 1 unspecified atom stereocenters. The van der Waals surface area contributed by atoms with E-state index in [9.17, 15) is 4.79 Å². The normalized spacial score (nSPS) is 12.1. The van der Waals surface area contributed by atoms with Gasteiger partial charge in [0.2, 0.25) is 0 Å². The number of carbonyl (C=O) groups is 1. The van der Waals surface area contributed by atoms with Crippen molar-refractivity contribution in [1.82, 2.24) is 0 Å². The molecule has 19 heavy (non-hydrogen) atoms. The molecule has 2 aromatic rings. The molecule has 100 valence electrons. The molecule has 1 aromatic heterocycles. The highest BCUT2D eigenvalue weighted by molar-refractivity contribution is 7.16. The van der Waals surface area contributed by atoms with E-state index in [2.05, 4.69) is 5.32 Å². The van der Waals surface area contributed by atoms with Crippen LogP contribution in [0.2, 0.25) is 4.34 Å². The number of anilines is 2. The summed E-state index contributed by atoms with van der Waals surface area (Å²) in [5.74, 6) is -0.977. The van der Waals surface area contributed by atoms with Crippen LogP contribution >= 0.6 is 22.9 Å². The highest BCUT2D eigenvalue weighted by Gasteiger charge is 2.12. The Balaban J connectivity index is 2.22. The molecule has 1 aromatic carbocycles. The third kappa shape index (κ3) is 3.19. The molecule has 0 fully saturated rings. The number of hydrogen-bond acceptors (Lipinski definition) is 4. The number of rotatable bonds is 4. The summed E-state index contributed by atoms with van der Waals surface area (Å²) in [5.41, 5.74) is 7.17. The van der Waals surface area contributed by atoms with Crippen LogP contribution in [0.15, 0.2) is 30.3 Å². The lowest BCUT2D eigenvalue weighted by atomic mass is 10.1. The van der Waals surface area contributed by atoms with E-state index < -0.39 is 5.97 Å². The minimum atomic E-state index is -0.977. The predicted octanol–water partition coefficient (Wildman–Crippen LogP) is 3.86. The lowest BCUT2D eigenvalue weighted by Crippen LogP contribution is -2.08. The first kappa shape index (κ1) is 13.7. The third-order valence-corrected chi connectivity index (χ3v) is 4.11. The van der Waals surface area contributed by atoms with E-state index in [0.717, 1.165) is 9.21 Å². The van der Waals surface area contributed by atoms with Gasteiger partial charge in [0.25, 0.3) is 0 Å². The molecule has 0 amide bonds. The summed E-state index contributed by atoms with van der Waals surface area (Å²) in [4.78, 5) is 12.0. The van der Waals surface area contributed by atoms with Gasteiger partial charge >= 0.3 is 5.97 Å². The quantitative estimate of drug-likeness (QED) is 0.749. The summed E-state index contributed by atoms with van der Waals surface area (Å²) >= 11 is 7.37. The summed E-state index contributed by atoms with van der Waals surface area (Å²) < 4.78 is 0.718. The van der Waals surface area contributed by atoms with Crippen LogP contribution in [-0.4, -0.2) is 11.1 Å². The van der Waals surface area contributed by atoms with E-state index in [1.54, 1.807) is 6.07 Å². The number of benzene rings is 1. The molecule has 0 spiro atoms. The van der Waals surface area contributed by atoms with Gasteiger partial charge in [0.15, 0.2) is 0 Å². The fourth-order valence-corrected chi connectivity index (χ4v) is 2.74. The molecule has 4 nitrogen and oxygen atoms in total. The zero-order valence-electron chi connectivity index (χ0n) is 10.2. The summed E-state index contributed by atoms with van der Waals surface area (Å²) in [6.45, 7) is 1.97. The number of aromatic carboxylic acids is 1. The Bertz CT molecular complexity index is 612.